The van der Waals surface area contributed by atoms with E-state index in [0.717, 1.165) is 30.8 Å². The Balaban J connectivity index is 1.69. The predicted octanol–water partition coefficient (Wildman–Crippen LogP) is 2.14. The second kappa shape index (κ2) is 12.7. The average Bonchev–Trinajstić information content (AvgIpc) is 2.71. The van der Waals surface area contributed by atoms with Gasteiger partial charge in [-0.25, -0.2) is 13.7 Å². The fourth-order valence-corrected chi connectivity index (χ4v) is 3.71. The van der Waals surface area contributed by atoms with Gasteiger partial charge >= 0.3 is 0 Å². The van der Waals surface area contributed by atoms with Crippen molar-refractivity contribution in [2.45, 2.75) is 24.2 Å². The normalized spacial score (nSPS) is 16.2. The van der Waals surface area contributed by atoms with Gasteiger partial charge in [-0.15, -0.1) is 0 Å². The Bertz CT molecular complexity index is 622. The molecule has 9 heteroatoms. The molecule has 0 bridgehead atoms. The maximum Gasteiger partial charge on any atom is 0.220 e. The van der Waals surface area contributed by atoms with Crippen LogP contribution in [0.2, 0.25) is 0 Å². The fraction of sp³-hybridized carbons (Fsp3) is 0.579. The molecule has 3 N–H and O–H groups in total. The summed E-state index contributed by atoms with van der Waals surface area (Å²) in [7, 11) is 1.62. The molecule has 1 saturated heterocycles. The molecule has 1 amide bonds. The van der Waals surface area contributed by atoms with Gasteiger partial charge in [-0.05, 0) is 36.8 Å². The molecule has 28 heavy (non-hydrogen) atoms. The van der Waals surface area contributed by atoms with Gasteiger partial charge in [0, 0.05) is 62.4 Å². The van der Waals surface area contributed by atoms with Crippen LogP contribution in [0.25, 0.3) is 0 Å². The molecule has 0 aromatic carbocycles. The number of nitrogens with two attached hydrogens (primary N) is 1. The molecule has 2 heterocycles. The lowest BCUT2D eigenvalue weighted by atomic mass is 9.94. The summed E-state index contributed by atoms with van der Waals surface area (Å²) in [5.41, 5.74) is 5.78. The second-order valence-corrected chi connectivity index (χ2v) is 7.77. The van der Waals surface area contributed by atoms with Crippen LogP contribution < -0.4 is 15.8 Å². The highest BCUT2D eigenvalue weighted by Gasteiger charge is 2.22. The molecule has 1 aliphatic rings. The number of aromatic nitrogens is 1. The summed E-state index contributed by atoms with van der Waals surface area (Å²) in [4.78, 5) is 17.2. The first kappa shape index (κ1) is 22.6. The molecular formula is C19H29FN4O3S. The van der Waals surface area contributed by atoms with Crippen molar-refractivity contribution in [1.29, 1.82) is 0 Å². The van der Waals surface area contributed by atoms with Crippen LogP contribution in [0.3, 0.4) is 0 Å². The molecule has 0 unspecified atom stereocenters. The smallest absolute Gasteiger partial charge is 0.220 e. The summed E-state index contributed by atoms with van der Waals surface area (Å²) in [5.74, 6) is 0.965. The molecule has 0 atom stereocenters. The first-order chi connectivity index (χ1) is 13.6. The number of ether oxygens (including phenoxy) is 2. The lowest BCUT2D eigenvalue weighted by molar-refractivity contribution is -0.122. The van der Waals surface area contributed by atoms with Crippen molar-refractivity contribution in [3.63, 3.8) is 0 Å². The van der Waals surface area contributed by atoms with Crippen LogP contribution in [0.4, 0.5) is 4.39 Å². The van der Waals surface area contributed by atoms with E-state index < -0.39 is 0 Å². The van der Waals surface area contributed by atoms with Gasteiger partial charge in [0.1, 0.15) is 6.61 Å². The van der Waals surface area contributed by atoms with E-state index in [1.54, 1.807) is 31.3 Å². The lowest BCUT2D eigenvalue weighted by Gasteiger charge is -2.30. The molecule has 156 valence electrons. The van der Waals surface area contributed by atoms with E-state index in [1.807, 2.05) is 6.07 Å². The third-order valence-electron chi connectivity index (χ3n) is 4.44. The third-order valence-corrected chi connectivity index (χ3v) is 5.52. The van der Waals surface area contributed by atoms with Crippen LogP contribution in [-0.2, 0) is 9.53 Å². The number of amides is 1. The highest BCUT2D eigenvalue weighted by atomic mass is 32.2. The SMILES string of the molecule is COCCNC(=O)CC1CCN(Sc2ccc(OC/C(=C\F)CN)nc2)CC1. The van der Waals surface area contributed by atoms with Crippen LogP contribution in [0.15, 0.2) is 35.1 Å². The zero-order chi connectivity index (χ0) is 20.2. The molecule has 2 rings (SSSR count). The summed E-state index contributed by atoms with van der Waals surface area (Å²) in [5, 5.41) is 2.88. The Labute approximate surface area is 170 Å². The number of methoxy groups -OCH3 is 1. The van der Waals surface area contributed by atoms with Crippen molar-refractivity contribution >= 4 is 17.9 Å². The molecule has 7 nitrogen and oxygen atoms in total. The number of piperidine rings is 1. The van der Waals surface area contributed by atoms with Crippen LogP contribution in [0, 0.1) is 5.92 Å². The summed E-state index contributed by atoms with van der Waals surface area (Å²) in [6, 6.07) is 3.70. The quantitative estimate of drug-likeness (QED) is 0.425. The first-order valence-electron chi connectivity index (χ1n) is 9.40. The Morgan fingerprint density at radius 2 is 2.25 bits per heavy atom. The van der Waals surface area contributed by atoms with Crippen LogP contribution >= 0.6 is 11.9 Å². The minimum absolute atomic E-state index is 0.0963. The number of rotatable bonds is 11. The maximum atomic E-state index is 12.5. The van der Waals surface area contributed by atoms with E-state index in [9.17, 15) is 9.18 Å². The Kier molecular flexibility index (Phi) is 10.3. The number of carbonyl (C=O) groups is 1. The largest absolute Gasteiger partial charge is 0.473 e. The number of nitrogens with one attached hydrogen (secondary N) is 1. The van der Waals surface area contributed by atoms with E-state index >= 15 is 0 Å². The molecule has 1 aromatic rings. The summed E-state index contributed by atoms with van der Waals surface area (Å²) < 4.78 is 25.1. The summed E-state index contributed by atoms with van der Waals surface area (Å²) in [6.45, 7) is 3.18. The fourth-order valence-electron chi connectivity index (χ4n) is 2.79. The zero-order valence-electron chi connectivity index (χ0n) is 16.2. The molecule has 0 radical (unpaired) electrons. The Morgan fingerprint density at radius 1 is 1.46 bits per heavy atom. The van der Waals surface area contributed by atoms with Crippen molar-refractivity contribution in [3.05, 3.63) is 30.2 Å². The van der Waals surface area contributed by atoms with E-state index in [1.165, 1.54) is 0 Å². The van der Waals surface area contributed by atoms with Crippen LogP contribution in [0.5, 0.6) is 5.88 Å². The minimum Gasteiger partial charge on any atom is -0.473 e. The molecule has 1 aromatic heterocycles. The van der Waals surface area contributed by atoms with Gasteiger partial charge in [0.15, 0.2) is 0 Å². The van der Waals surface area contributed by atoms with Gasteiger partial charge in [0.25, 0.3) is 0 Å². The summed E-state index contributed by atoms with van der Waals surface area (Å²) >= 11 is 1.65. The highest BCUT2D eigenvalue weighted by molar-refractivity contribution is 7.97. The van der Waals surface area contributed by atoms with E-state index in [0.29, 0.717) is 43.3 Å². The topological polar surface area (TPSA) is 89.7 Å². The monoisotopic (exact) mass is 412 g/mol. The first-order valence-corrected chi connectivity index (χ1v) is 10.2. The molecule has 0 saturated carbocycles. The minimum atomic E-state index is 0.0963. The molecular weight excluding hydrogens is 383 g/mol. The number of nitrogens with zero attached hydrogens (tertiary/aromatic N) is 2. The number of hydrogen-bond acceptors (Lipinski definition) is 7. The van der Waals surface area contributed by atoms with Crippen molar-refractivity contribution in [3.8, 4) is 5.88 Å². The van der Waals surface area contributed by atoms with Gasteiger partial charge in [0.2, 0.25) is 11.8 Å². The number of carbonyl (C=O) groups excluding carboxylic acids is 1. The van der Waals surface area contributed by atoms with E-state index in [2.05, 4.69) is 14.6 Å². The van der Waals surface area contributed by atoms with E-state index in [4.69, 9.17) is 15.2 Å². The molecule has 0 spiro atoms. The van der Waals surface area contributed by atoms with Gasteiger partial charge in [-0.2, -0.15) is 0 Å². The standard InChI is InChI=1S/C19H29FN4O3S/c1-26-9-6-22-18(25)10-15-4-7-24(8-5-15)28-17-2-3-19(23-13-17)27-14-16(11-20)12-21/h2-3,11,13,15H,4-10,12,14,21H2,1H3,(H,22,25)/b16-11-. The van der Waals surface area contributed by atoms with E-state index in [-0.39, 0.29) is 19.1 Å². The van der Waals surface area contributed by atoms with Crippen LogP contribution in [0.1, 0.15) is 19.3 Å². The number of pyridine rings is 1. The summed E-state index contributed by atoms with van der Waals surface area (Å²) in [6.07, 6.45) is 4.79. The third kappa shape index (κ3) is 8.14. The highest BCUT2D eigenvalue weighted by Crippen LogP contribution is 2.29. The van der Waals surface area contributed by atoms with Gasteiger partial charge in [0.05, 0.1) is 12.9 Å². The number of halogens is 1. The van der Waals surface area contributed by atoms with Gasteiger partial charge in [-0.3, -0.25) is 4.79 Å². The van der Waals surface area contributed by atoms with Gasteiger partial charge < -0.3 is 20.5 Å². The van der Waals surface area contributed by atoms with Crippen molar-refractivity contribution in [1.82, 2.24) is 14.6 Å². The van der Waals surface area contributed by atoms with Crippen molar-refractivity contribution in [2.75, 3.05) is 46.5 Å². The maximum absolute atomic E-state index is 12.5. The zero-order valence-corrected chi connectivity index (χ0v) is 17.0. The number of hydrogen-bond donors (Lipinski definition) is 2. The second-order valence-electron chi connectivity index (χ2n) is 6.60. The predicted molar refractivity (Wildman–Crippen MR) is 108 cm³/mol. The molecule has 0 aliphatic carbocycles. The molecule has 1 aliphatic heterocycles. The van der Waals surface area contributed by atoms with Crippen molar-refractivity contribution in [2.24, 2.45) is 11.7 Å². The van der Waals surface area contributed by atoms with Gasteiger partial charge in [-0.1, -0.05) is 0 Å². The molecule has 1 fully saturated rings. The lowest BCUT2D eigenvalue weighted by Crippen LogP contribution is -2.33. The Morgan fingerprint density at radius 3 is 2.86 bits per heavy atom. The van der Waals surface area contributed by atoms with Crippen LogP contribution in [-0.4, -0.2) is 61.7 Å². The van der Waals surface area contributed by atoms with Crippen molar-refractivity contribution < 1.29 is 18.7 Å². The average molecular weight is 413 g/mol. The Hall–Kier alpha value is -1.68.